The molecule has 32 heavy (non-hydrogen) atoms. The van der Waals surface area contributed by atoms with Gasteiger partial charge in [-0.2, -0.15) is 4.31 Å². The SMILES string of the molecule is CCCOc1ccccc1/C=C/C(=O)N(c1ccc(OC)cc1)S(=O)(=O)c1ccccc1. The molecular formula is C25H25NO5S. The van der Waals surface area contributed by atoms with Gasteiger partial charge in [-0.25, -0.2) is 8.42 Å². The van der Waals surface area contributed by atoms with Crippen LogP contribution in [0.5, 0.6) is 11.5 Å². The lowest BCUT2D eigenvalue weighted by molar-refractivity contribution is -0.113. The van der Waals surface area contributed by atoms with Gasteiger partial charge in [-0.3, -0.25) is 4.79 Å². The number of para-hydroxylation sites is 1. The number of ether oxygens (including phenoxy) is 2. The first-order valence-electron chi connectivity index (χ1n) is 10.2. The van der Waals surface area contributed by atoms with Crippen molar-refractivity contribution in [3.8, 4) is 11.5 Å². The van der Waals surface area contributed by atoms with E-state index in [1.807, 2.05) is 25.1 Å². The highest BCUT2D eigenvalue weighted by Gasteiger charge is 2.29. The molecule has 0 aromatic heterocycles. The summed E-state index contributed by atoms with van der Waals surface area (Å²) in [6, 6.07) is 21.4. The molecule has 0 saturated carbocycles. The van der Waals surface area contributed by atoms with Crippen molar-refractivity contribution in [1.29, 1.82) is 0 Å². The van der Waals surface area contributed by atoms with E-state index in [2.05, 4.69) is 0 Å². The van der Waals surface area contributed by atoms with E-state index in [9.17, 15) is 13.2 Å². The van der Waals surface area contributed by atoms with E-state index in [4.69, 9.17) is 9.47 Å². The van der Waals surface area contributed by atoms with Gasteiger partial charge in [-0.1, -0.05) is 43.3 Å². The minimum absolute atomic E-state index is 0.0178. The highest BCUT2D eigenvalue weighted by Crippen LogP contribution is 2.27. The second-order valence-corrected chi connectivity index (χ2v) is 8.63. The minimum atomic E-state index is -4.14. The fourth-order valence-corrected chi connectivity index (χ4v) is 4.40. The summed E-state index contributed by atoms with van der Waals surface area (Å²) >= 11 is 0. The molecular weight excluding hydrogens is 426 g/mol. The van der Waals surface area contributed by atoms with Gasteiger partial charge in [-0.15, -0.1) is 0 Å². The van der Waals surface area contributed by atoms with Crippen LogP contribution in [0.2, 0.25) is 0 Å². The standard InChI is InChI=1S/C25H25NO5S/c1-3-19-31-24-12-8-7-9-20(24)13-18-25(27)26(21-14-16-22(30-2)17-15-21)32(28,29)23-10-5-4-6-11-23/h4-18H,3,19H2,1-2H3/b18-13+. The quantitative estimate of drug-likeness (QED) is 0.432. The number of anilines is 1. The van der Waals surface area contributed by atoms with E-state index in [1.54, 1.807) is 42.5 Å². The summed E-state index contributed by atoms with van der Waals surface area (Å²) in [5, 5.41) is 0. The van der Waals surface area contributed by atoms with Crippen LogP contribution in [0.25, 0.3) is 6.08 Å². The Labute approximate surface area is 188 Å². The number of carbonyl (C=O) groups is 1. The van der Waals surface area contributed by atoms with Crippen molar-refractivity contribution in [2.75, 3.05) is 18.0 Å². The van der Waals surface area contributed by atoms with Crippen LogP contribution in [0.3, 0.4) is 0 Å². The molecule has 0 N–H and O–H groups in total. The average molecular weight is 452 g/mol. The topological polar surface area (TPSA) is 72.9 Å². The average Bonchev–Trinajstić information content (AvgIpc) is 2.83. The van der Waals surface area contributed by atoms with E-state index in [0.717, 1.165) is 10.7 Å². The Morgan fingerprint density at radius 2 is 1.59 bits per heavy atom. The summed E-state index contributed by atoms with van der Waals surface area (Å²) in [4.78, 5) is 13.2. The Bertz CT molecular complexity index is 1170. The summed E-state index contributed by atoms with van der Waals surface area (Å²) in [5.74, 6) is 0.473. The molecule has 0 saturated heterocycles. The molecule has 3 aromatic carbocycles. The molecule has 0 fully saturated rings. The van der Waals surface area contributed by atoms with Crippen LogP contribution in [-0.4, -0.2) is 28.0 Å². The maximum atomic E-state index is 13.4. The number of amides is 1. The molecule has 0 bridgehead atoms. The van der Waals surface area contributed by atoms with Crippen LogP contribution in [0.15, 0.2) is 89.8 Å². The van der Waals surface area contributed by atoms with Crippen molar-refractivity contribution in [1.82, 2.24) is 0 Å². The van der Waals surface area contributed by atoms with Gasteiger partial charge >= 0.3 is 0 Å². The van der Waals surface area contributed by atoms with E-state index in [0.29, 0.717) is 23.7 Å². The van der Waals surface area contributed by atoms with Gasteiger partial charge in [0.2, 0.25) is 0 Å². The third-order valence-corrected chi connectivity index (χ3v) is 6.31. The van der Waals surface area contributed by atoms with Gasteiger partial charge in [0.1, 0.15) is 11.5 Å². The Morgan fingerprint density at radius 3 is 2.25 bits per heavy atom. The van der Waals surface area contributed by atoms with E-state index in [1.165, 1.54) is 37.5 Å². The molecule has 3 rings (SSSR count). The number of nitrogens with zero attached hydrogens (tertiary/aromatic N) is 1. The van der Waals surface area contributed by atoms with Gasteiger partial charge < -0.3 is 9.47 Å². The van der Waals surface area contributed by atoms with E-state index < -0.39 is 15.9 Å². The van der Waals surface area contributed by atoms with Gasteiger partial charge in [0.15, 0.2) is 0 Å². The maximum absolute atomic E-state index is 13.4. The van der Waals surface area contributed by atoms with Crippen molar-refractivity contribution in [2.45, 2.75) is 18.2 Å². The molecule has 0 unspecified atom stereocenters. The first-order chi connectivity index (χ1) is 15.5. The predicted octanol–water partition coefficient (Wildman–Crippen LogP) is 4.92. The first-order valence-corrected chi connectivity index (χ1v) is 11.6. The summed E-state index contributed by atoms with van der Waals surface area (Å²) in [7, 11) is -2.63. The monoisotopic (exact) mass is 451 g/mol. The van der Waals surface area contributed by atoms with Crippen molar-refractivity contribution >= 4 is 27.7 Å². The number of sulfonamides is 1. The number of hydrogen-bond donors (Lipinski definition) is 0. The van der Waals surface area contributed by atoms with Crippen LogP contribution >= 0.6 is 0 Å². The van der Waals surface area contributed by atoms with Crippen molar-refractivity contribution in [3.05, 3.63) is 90.5 Å². The Kier molecular flexibility index (Phi) is 7.68. The second kappa shape index (κ2) is 10.6. The molecule has 0 aliphatic rings. The Morgan fingerprint density at radius 1 is 0.938 bits per heavy atom. The molecule has 0 aliphatic carbocycles. The molecule has 0 spiro atoms. The maximum Gasteiger partial charge on any atom is 0.271 e. The fraction of sp³-hybridized carbons (Fsp3) is 0.160. The fourth-order valence-electron chi connectivity index (χ4n) is 2.99. The third-order valence-electron chi connectivity index (χ3n) is 4.57. The van der Waals surface area contributed by atoms with Crippen LogP contribution in [0.1, 0.15) is 18.9 Å². The summed E-state index contributed by atoms with van der Waals surface area (Å²) < 4.78 is 38.4. The predicted molar refractivity (Wildman–Crippen MR) is 125 cm³/mol. The largest absolute Gasteiger partial charge is 0.497 e. The van der Waals surface area contributed by atoms with Crippen molar-refractivity contribution < 1.29 is 22.7 Å². The van der Waals surface area contributed by atoms with Gasteiger partial charge in [0.25, 0.3) is 15.9 Å². The second-order valence-electron chi connectivity index (χ2n) is 6.84. The number of carbonyl (C=O) groups excluding carboxylic acids is 1. The highest BCUT2D eigenvalue weighted by molar-refractivity contribution is 7.93. The Balaban J connectivity index is 2.00. The van der Waals surface area contributed by atoms with Crippen LogP contribution in [0, 0.1) is 0 Å². The summed E-state index contributed by atoms with van der Waals surface area (Å²) in [6.45, 7) is 2.54. The molecule has 166 valence electrons. The molecule has 7 heteroatoms. The molecule has 6 nitrogen and oxygen atoms in total. The lowest BCUT2D eigenvalue weighted by atomic mass is 10.2. The van der Waals surface area contributed by atoms with Crippen molar-refractivity contribution in [2.24, 2.45) is 0 Å². The highest BCUT2D eigenvalue weighted by atomic mass is 32.2. The smallest absolute Gasteiger partial charge is 0.271 e. The van der Waals surface area contributed by atoms with Gasteiger partial charge in [0, 0.05) is 11.6 Å². The zero-order valence-electron chi connectivity index (χ0n) is 18.0. The van der Waals surface area contributed by atoms with Crippen LogP contribution in [0.4, 0.5) is 5.69 Å². The summed E-state index contributed by atoms with van der Waals surface area (Å²) in [5.41, 5.74) is 0.890. The number of benzene rings is 3. The molecule has 1 amide bonds. The van der Waals surface area contributed by atoms with Crippen LogP contribution < -0.4 is 13.8 Å². The minimum Gasteiger partial charge on any atom is -0.497 e. The van der Waals surface area contributed by atoms with E-state index in [-0.39, 0.29) is 10.6 Å². The van der Waals surface area contributed by atoms with Gasteiger partial charge in [-0.05, 0) is 55.0 Å². The third kappa shape index (κ3) is 5.36. The lowest BCUT2D eigenvalue weighted by Gasteiger charge is -2.21. The zero-order valence-corrected chi connectivity index (χ0v) is 18.8. The molecule has 3 aromatic rings. The first kappa shape index (κ1) is 23.1. The normalized spacial score (nSPS) is 11.3. The van der Waals surface area contributed by atoms with E-state index >= 15 is 0 Å². The summed E-state index contributed by atoms with van der Waals surface area (Å²) in [6.07, 6.45) is 3.64. The number of methoxy groups -OCH3 is 1. The molecule has 0 aliphatic heterocycles. The Hall–Kier alpha value is -3.58. The number of hydrogen-bond acceptors (Lipinski definition) is 5. The van der Waals surface area contributed by atoms with Crippen LogP contribution in [-0.2, 0) is 14.8 Å². The zero-order chi connectivity index (χ0) is 23.0. The molecule has 0 atom stereocenters. The van der Waals surface area contributed by atoms with Gasteiger partial charge in [0.05, 0.1) is 24.3 Å². The molecule has 0 radical (unpaired) electrons. The molecule has 0 heterocycles. The lowest BCUT2D eigenvalue weighted by Crippen LogP contribution is -2.35. The number of rotatable bonds is 9. The van der Waals surface area contributed by atoms with Crippen molar-refractivity contribution in [3.63, 3.8) is 0 Å².